The molecule has 0 saturated carbocycles. The lowest BCUT2D eigenvalue weighted by atomic mass is 10.0. The first-order valence-corrected chi connectivity index (χ1v) is 12.4. The Morgan fingerprint density at radius 1 is 1.05 bits per heavy atom. The number of likely N-dealkylation sites (tertiary alicyclic amines) is 2. The summed E-state index contributed by atoms with van der Waals surface area (Å²) in [6.45, 7) is 0.671. The van der Waals surface area contributed by atoms with Crippen molar-refractivity contribution in [3.05, 3.63) is 48.0 Å². The molecule has 4 atom stereocenters. The van der Waals surface area contributed by atoms with Gasteiger partial charge in [-0.15, -0.1) is 0 Å². The van der Waals surface area contributed by atoms with Gasteiger partial charge in [0.25, 0.3) is 0 Å². The molecule has 2 fully saturated rings. The number of benzene rings is 1. The largest absolute Gasteiger partial charge is 0.508 e. The van der Waals surface area contributed by atoms with E-state index in [9.17, 15) is 29.4 Å². The molecule has 4 rings (SSSR count). The summed E-state index contributed by atoms with van der Waals surface area (Å²) >= 11 is 0. The van der Waals surface area contributed by atoms with E-state index in [0.29, 0.717) is 44.5 Å². The zero-order valence-corrected chi connectivity index (χ0v) is 20.4. The molecule has 2 saturated heterocycles. The van der Waals surface area contributed by atoms with Gasteiger partial charge in [-0.2, -0.15) is 0 Å². The molecule has 6 N–H and O–H groups in total. The maximum atomic E-state index is 13.7. The third-order valence-corrected chi connectivity index (χ3v) is 6.96. The lowest BCUT2D eigenvalue weighted by molar-refractivity contribution is -0.152. The number of aromatic hydroxyl groups is 1. The monoisotopic (exact) mass is 512 g/mol. The Morgan fingerprint density at radius 3 is 2.38 bits per heavy atom. The molecule has 12 nitrogen and oxygen atoms in total. The normalized spacial score (nSPS) is 21.0. The molecule has 1 aromatic carbocycles. The summed E-state index contributed by atoms with van der Waals surface area (Å²) in [6, 6.07) is 2.73. The van der Waals surface area contributed by atoms with Crippen molar-refractivity contribution in [1.29, 1.82) is 0 Å². The Hall–Kier alpha value is -3.93. The third kappa shape index (κ3) is 6.08. The van der Waals surface area contributed by atoms with Crippen LogP contribution < -0.4 is 11.1 Å². The fraction of sp³-hybridized carbons (Fsp3) is 0.480. The minimum Gasteiger partial charge on any atom is -0.508 e. The van der Waals surface area contributed by atoms with Crippen LogP contribution in [-0.4, -0.2) is 90.9 Å². The van der Waals surface area contributed by atoms with Crippen LogP contribution in [0.25, 0.3) is 0 Å². The number of aromatic amines is 1. The van der Waals surface area contributed by atoms with Gasteiger partial charge in [-0.3, -0.25) is 14.4 Å². The highest BCUT2D eigenvalue weighted by Crippen LogP contribution is 2.26. The van der Waals surface area contributed by atoms with Crippen LogP contribution in [0.15, 0.2) is 36.8 Å². The van der Waals surface area contributed by atoms with E-state index in [1.54, 1.807) is 18.3 Å². The number of aromatic nitrogens is 2. The SMILES string of the molecule is NC(Cc1ccc(O)cc1)C(=O)NC(Cc1cnc[nH]1)C(=O)N1CCCC1C(=O)N1CCCC1C(=O)O. The molecule has 4 unspecified atom stereocenters. The van der Waals surface area contributed by atoms with E-state index >= 15 is 0 Å². The summed E-state index contributed by atoms with van der Waals surface area (Å²) in [5.41, 5.74) is 7.50. The van der Waals surface area contributed by atoms with Gasteiger partial charge in [-0.25, -0.2) is 9.78 Å². The number of H-pyrrole nitrogens is 1. The molecule has 3 amide bonds. The van der Waals surface area contributed by atoms with Crippen LogP contribution in [0.3, 0.4) is 0 Å². The quantitative estimate of drug-likeness (QED) is 0.305. The molecular weight excluding hydrogens is 480 g/mol. The van der Waals surface area contributed by atoms with Crippen molar-refractivity contribution in [1.82, 2.24) is 25.1 Å². The number of imidazole rings is 1. The van der Waals surface area contributed by atoms with Crippen molar-refractivity contribution in [2.45, 2.75) is 62.7 Å². The minimum atomic E-state index is -1.05. The van der Waals surface area contributed by atoms with E-state index in [2.05, 4.69) is 15.3 Å². The van der Waals surface area contributed by atoms with E-state index in [1.807, 2.05) is 0 Å². The average Bonchev–Trinajstić information content (AvgIpc) is 3.65. The summed E-state index contributed by atoms with van der Waals surface area (Å²) in [5.74, 6) is -2.27. The van der Waals surface area contributed by atoms with Crippen molar-refractivity contribution < 1.29 is 29.4 Å². The van der Waals surface area contributed by atoms with Crippen LogP contribution in [0.1, 0.15) is 36.9 Å². The Morgan fingerprint density at radius 2 is 1.73 bits per heavy atom. The lowest BCUT2D eigenvalue weighted by Crippen LogP contribution is -2.57. The Kier molecular flexibility index (Phi) is 8.07. The molecule has 2 aliphatic heterocycles. The van der Waals surface area contributed by atoms with Gasteiger partial charge in [0.05, 0.1) is 12.4 Å². The number of amides is 3. The molecule has 0 radical (unpaired) electrons. The number of nitrogens with zero attached hydrogens (tertiary/aromatic N) is 3. The van der Waals surface area contributed by atoms with E-state index < -0.39 is 42.0 Å². The van der Waals surface area contributed by atoms with Crippen molar-refractivity contribution in [3.63, 3.8) is 0 Å². The highest BCUT2D eigenvalue weighted by molar-refractivity contribution is 5.95. The predicted molar refractivity (Wildman–Crippen MR) is 131 cm³/mol. The first-order chi connectivity index (χ1) is 17.7. The summed E-state index contributed by atoms with van der Waals surface area (Å²) in [4.78, 5) is 61.3. The Labute approximate surface area is 213 Å². The van der Waals surface area contributed by atoms with Gasteiger partial charge in [-0.05, 0) is 49.8 Å². The summed E-state index contributed by atoms with van der Waals surface area (Å²) in [6.07, 6.45) is 5.36. The summed E-state index contributed by atoms with van der Waals surface area (Å²) in [5, 5.41) is 21.7. The Balaban J connectivity index is 1.48. The number of phenols is 1. The number of aliphatic carboxylic acids is 1. The van der Waals surface area contributed by atoms with Crippen LogP contribution in [0.4, 0.5) is 0 Å². The number of hydrogen-bond acceptors (Lipinski definition) is 7. The van der Waals surface area contributed by atoms with Crippen molar-refractivity contribution in [2.24, 2.45) is 5.73 Å². The number of hydrogen-bond donors (Lipinski definition) is 5. The van der Waals surface area contributed by atoms with E-state index in [0.717, 1.165) is 5.56 Å². The summed E-state index contributed by atoms with van der Waals surface area (Å²) in [7, 11) is 0. The number of carboxylic acids is 1. The third-order valence-electron chi connectivity index (χ3n) is 6.96. The molecule has 198 valence electrons. The molecule has 3 heterocycles. The predicted octanol–water partition coefficient (Wildman–Crippen LogP) is -0.221. The minimum absolute atomic E-state index is 0.102. The fourth-order valence-electron chi connectivity index (χ4n) is 5.04. The number of carbonyl (C=O) groups is 4. The van der Waals surface area contributed by atoms with Crippen molar-refractivity contribution in [2.75, 3.05) is 13.1 Å². The van der Waals surface area contributed by atoms with Crippen molar-refractivity contribution in [3.8, 4) is 5.75 Å². The van der Waals surface area contributed by atoms with Crippen LogP contribution in [0, 0.1) is 0 Å². The lowest BCUT2D eigenvalue weighted by Gasteiger charge is -2.32. The topological polar surface area (TPSA) is 182 Å². The standard InChI is InChI=1S/C25H32N6O6/c26-18(11-15-5-7-17(32)8-6-15)22(33)29-19(12-16-13-27-14-28-16)23(34)30-9-1-3-20(30)24(35)31-10-2-4-21(31)25(36)37/h5-8,13-14,18-21,32H,1-4,9-12,26H2,(H,27,28)(H,29,33)(H,36,37). The second-order valence-corrected chi connectivity index (χ2v) is 9.54. The van der Waals surface area contributed by atoms with E-state index in [-0.39, 0.29) is 24.5 Å². The van der Waals surface area contributed by atoms with Gasteiger partial charge in [0, 0.05) is 31.4 Å². The van der Waals surface area contributed by atoms with Gasteiger partial charge < -0.3 is 36.0 Å². The number of nitrogens with one attached hydrogen (secondary N) is 2. The van der Waals surface area contributed by atoms with Crippen LogP contribution in [0.2, 0.25) is 0 Å². The molecule has 12 heteroatoms. The second-order valence-electron chi connectivity index (χ2n) is 9.54. The number of carboxylic acid groups (broad SMARTS) is 1. The highest BCUT2D eigenvalue weighted by Gasteiger charge is 2.43. The zero-order chi connectivity index (χ0) is 26.5. The van der Waals surface area contributed by atoms with Gasteiger partial charge >= 0.3 is 5.97 Å². The van der Waals surface area contributed by atoms with Crippen LogP contribution in [0.5, 0.6) is 5.75 Å². The molecule has 2 aliphatic rings. The molecule has 0 aliphatic carbocycles. The second kappa shape index (κ2) is 11.4. The highest BCUT2D eigenvalue weighted by atomic mass is 16.4. The molecule has 0 spiro atoms. The van der Waals surface area contributed by atoms with E-state index in [1.165, 1.54) is 28.3 Å². The number of nitrogens with two attached hydrogens (primary N) is 1. The smallest absolute Gasteiger partial charge is 0.326 e. The number of carbonyl (C=O) groups excluding carboxylic acids is 3. The van der Waals surface area contributed by atoms with Crippen LogP contribution >= 0.6 is 0 Å². The zero-order valence-electron chi connectivity index (χ0n) is 20.4. The maximum Gasteiger partial charge on any atom is 0.326 e. The van der Waals surface area contributed by atoms with Gasteiger partial charge in [0.1, 0.15) is 23.9 Å². The molecule has 1 aromatic heterocycles. The maximum absolute atomic E-state index is 13.7. The molecule has 0 bridgehead atoms. The average molecular weight is 513 g/mol. The Bertz CT molecular complexity index is 1120. The first-order valence-electron chi connectivity index (χ1n) is 12.4. The molecule has 37 heavy (non-hydrogen) atoms. The number of phenolic OH excluding ortho intramolecular Hbond substituents is 1. The molecular formula is C25H32N6O6. The van der Waals surface area contributed by atoms with Crippen LogP contribution in [-0.2, 0) is 32.0 Å². The first kappa shape index (κ1) is 26.1. The summed E-state index contributed by atoms with van der Waals surface area (Å²) < 4.78 is 0. The van der Waals surface area contributed by atoms with Gasteiger partial charge in [-0.1, -0.05) is 12.1 Å². The van der Waals surface area contributed by atoms with Crippen molar-refractivity contribution >= 4 is 23.7 Å². The fourth-order valence-corrected chi connectivity index (χ4v) is 5.04. The van der Waals surface area contributed by atoms with Gasteiger partial charge in [0.2, 0.25) is 17.7 Å². The molecule has 2 aromatic rings. The van der Waals surface area contributed by atoms with E-state index in [4.69, 9.17) is 5.73 Å². The number of rotatable bonds is 9. The van der Waals surface area contributed by atoms with Gasteiger partial charge in [0.15, 0.2) is 0 Å².